The van der Waals surface area contributed by atoms with E-state index in [2.05, 4.69) is 29.8 Å². The SMILES string of the molecule is CC(C)C(C)NC(=O)C1CNC(=O)CN1. The zero-order chi connectivity index (χ0) is 11.4. The van der Waals surface area contributed by atoms with Crippen molar-refractivity contribution in [2.24, 2.45) is 5.92 Å². The Morgan fingerprint density at radius 2 is 2.13 bits per heavy atom. The van der Waals surface area contributed by atoms with Gasteiger partial charge in [-0.25, -0.2) is 0 Å². The minimum atomic E-state index is -0.302. The molecule has 1 aliphatic rings. The summed E-state index contributed by atoms with van der Waals surface area (Å²) in [6.07, 6.45) is 0. The molecule has 1 aliphatic heterocycles. The van der Waals surface area contributed by atoms with Crippen molar-refractivity contribution in [2.75, 3.05) is 13.1 Å². The van der Waals surface area contributed by atoms with Crippen molar-refractivity contribution in [3.63, 3.8) is 0 Å². The molecule has 0 bridgehead atoms. The molecule has 3 N–H and O–H groups in total. The van der Waals surface area contributed by atoms with Gasteiger partial charge >= 0.3 is 0 Å². The van der Waals surface area contributed by atoms with Crippen LogP contribution in [-0.2, 0) is 9.59 Å². The molecule has 0 aliphatic carbocycles. The van der Waals surface area contributed by atoms with Crippen LogP contribution in [0.1, 0.15) is 20.8 Å². The van der Waals surface area contributed by atoms with E-state index in [9.17, 15) is 9.59 Å². The molecule has 2 amide bonds. The van der Waals surface area contributed by atoms with Crippen LogP contribution in [0, 0.1) is 5.92 Å². The Balaban J connectivity index is 2.37. The standard InChI is InChI=1S/C10H19N3O2/c1-6(2)7(3)13-10(15)8-4-12-9(14)5-11-8/h6-8,11H,4-5H2,1-3H3,(H,12,14)(H,13,15). The maximum absolute atomic E-state index is 11.7. The lowest BCUT2D eigenvalue weighted by atomic mass is 10.1. The Morgan fingerprint density at radius 3 is 2.60 bits per heavy atom. The van der Waals surface area contributed by atoms with Crippen LogP contribution in [0.15, 0.2) is 0 Å². The Bertz CT molecular complexity index is 243. The van der Waals surface area contributed by atoms with E-state index < -0.39 is 0 Å². The first kappa shape index (κ1) is 12.0. The highest BCUT2D eigenvalue weighted by molar-refractivity contribution is 5.86. The third-order valence-corrected chi connectivity index (χ3v) is 2.70. The second kappa shape index (κ2) is 5.11. The van der Waals surface area contributed by atoms with Crippen molar-refractivity contribution in [2.45, 2.75) is 32.9 Å². The average molecular weight is 213 g/mol. The molecule has 86 valence electrons. The van der Waals surface area contributed by atoms with Crippen molar-refractivity contribution in [1.82, 2.24) is 16.0 Å². The Hall–Kier alpha value is -1.10. The monoisotopic (exact) mass is 213 g/mol. The summed E-state index contributed by atoms with van der Waals surface area (Å²) in [5, 5.41) is 8.45. The van der Waals surface area contributed by atoms with Gasteiger partial charge in [0.2, 0.25) is 11.8 Å². The lowest BCUT2D eigenvalue weighted by molar-refractivity contribution is -0.127. The fourth-order valence-corrected chi connectivity index (χ4v) is 1.24. The van der Waals surface area contributed by atoms with Crippen molar-refractivity contribution >= 4 is 11.8 Å². The highest BCUT2D eigenvalue weighted by atomic mass is 16.2. The molecule has 1 heterocycles. The number of amides is 2. The molecular formula is C10H19N3O2. The maximum atomic E-state index is 11.7. The molecule has 5 heteroatoms. The van der Waals surface area contributed by atoms with Gasteiger partial charge in [-0.1, -0.05) is 13.8 Å². The Labute approximate surface area is 90.0 Å². The van der Waals surface area contributed by atoms with Gasteiger partial charge < -0.3 is 10.6 Å². The molecule has 0 aromatic heterocycles. The molecule has 15 heavy (non-hydrogen) atoms. The van der Waals surface area contributed by atoms with Gasteiger partial charge in [-0.2, -0.15) is 0 Å². The third-order valence-electron chi connectivity index (χ3n) is 2.70. The summed E-state index contributed by atoms with van der Waals surface area (Å²) in [4.78, 5) is 22.6. The second-order valence-electron chi connectivity index (χ2n) is 4.28. The van der Waals surface area contributed by atoms with Crippen molar-refractivity contribution in [3.8, 4) is 0 Å². The summed E-state index contributed by atoms with van der Waals surface area (Å²) in [5.74, 6) is 0.305. The third kappa shape index (κ3) is 3.51. The first-order valence-electron chi connectivity index (χ1n) is 5.31. The van der Waals surface area contributed by atoms with Gasteiger partial charge in [0.15, 0.2) is 0 Å². The molecule has 0 aromatic carbocycles. The zero-order valence-corrected chi connectivity index (χ0v) is 9.46. The van der Waals surface area contributed by atoms with Crippen LogP contribution in [0.25, 0.3) is 0 Å². The molecule has 1 fully saturated rings. The molecule has 5 nitrogen and oxygen atoms in total. The summed E-state index contributed by atoms with van der Waals surface area (Å²) >= 11 is 0. The molecular weight excluding hydrogens is 194 g/mol. The summed E-state index contributed by atoms with van der Waals surface area (Å²) in [5.41, 5.74) is 0. The molecule has 2 unspecified atom stereocenters. The number of carbonyl (C=O) groups excluding carboxylic acids is 2. The minimum Gasteiger partial charge on any atom is -0.353 e. The summed E-state index contributed by atoms with van der Waals surface area (Å²) in [6.45, 7) is 6.68. The Morgan fingerprint density at radius 1 is 1.47 bits per heavy atom. The van der Waals surface area contributed by atoms with Gasteiger partial charge in [0.1, 0.15) is 6.04 Å². The van der Waals surface area contributed by atoms with Crippen LogP contribution >= 0.6 is 0 Å². The highest BCUT2D eigenvalue weighted by Crippen LogP contribution is 2.00. The zero-order valence-electron chi connectivity index (χ0n) is 9.46. The van der Waals surface area contributed by atoms with E-state index in [0.29, 0.717) is 12.5 Å². The van der Waals surface area contributed by atoms with E-state index in [1.165, 1.54) is 0 Å². The Kier molecular flexibility index (Phi) is 4.08. The summed E-state index contributed by atoms with van der Waals surface area (Å²) < 4.78 is 0. The van der Waals surface area contributed by atoms with Gasteiger partial charge in [0.05, 0.1) is 6.54 Å². The molecule has 0 radical (unpaired) electrons. The van der Waals surface area contributed by atoms with E-state index in [4.69, 9.17) is 0 Å². The normalized spacial score (nSPS) is 23.5. The van der Waals surface area contributed by atoms with Crippen LogP contribution in [0.2, 0.25) is 0 Å². The van der Waals surface area contributed by atoms with Crippen LogP contribution < -0.4 is 16.0 Å². The quantitative estimate of drug-likeness (QED) is 0.577. The van der Waals surface area contributed by atoms with Gasteiger partial charge in [-0.3, -0.25) is 14.9 Å². The fourth-order valence-electron chi connectivity index (χ4n) is 1.24. The summed E-state index contributed by atoms with van der Waals surface area (Å²) in [7, 11) is 0. The predicted molar refractivity (Wildman–Crippen MR) is 57.2 cm³/mol. The van der Waals surface area contributed by atoms with Crippen LogP contribution in [0.4, 0.5) is 0 Å². The van der Waals surface area contributed by atoms with E-state index in [-0.39, 0.29) is 30.4 Å². The van der Waals surface area contributed by atoms with E-state index >= 15 is 0 Å². The van der Waals surface area contributed by atoms with E-state index in [1.54, 1.807) is 0 Å². The van der Waals surface area contributed by atoms with Gasteiger partial charge in [-0.05, 0) is 12.8 Å². The number of hydrogen-bond acceptors (Lipinski definition) is 3. The number of hydrogen-bond donors (Lipinski definition) is 3. The topological polar surface area (TPSA) is 70.2 Å². The van der Waals surface area contributed by atoms with Gasteiger partial charge in [0, 0.05) is 12.6 Å². The van der Waals surface area contributed by atoms with Crippen LogP contribution in [-0.4, -0.2) is 37.0 Å². The average Bonchev–Trinajstić information content (AvgIpc) is 2.18. The number of rotatable bonds is 3. The maximum Gasteiger partial charge on any atom is 0.239 e. The van der Waals surface area contributed by atoms with Crippen LogP contribution in [0.5, 0.6) is 0 Å². The molecule has 0 saturated carbocycles. The van der Waals surface area contributed by atoms with E-state index in [1.807, 2.05) is 6.92 Å². The molecule has 1 saturated heterocycles. The number of piperazine rings is 1. The fraction of sp³-hybridized carbons (Fsp3) is 0.800. The highest BCUT2D eigenvalue weighted by Gasteiger charge is 2.24. The van der Waals surface area contributed by atoms with Crippen LogP contribution in [0.3, 0.4) is 0 Å². The minimum absolute atomic E-state index is 0.0452. The number of carbonyl (C=O) groups is 2. The number of nitrogens with one attached hydrogen (secondary N) is 3. The van der Waals surface area contributed by atoms with Crippen molar-refractivity contribution < 1.29 is 9.59 Å². The lowest BCUT2D eigenvalue weighted by Crippen LogP contribution is -2.59. The predicted octanol–water partition coefficient (Wildman–Crippen LogP) is -0.765. The smallest absolute Gasteiger partial charge is 0.239 e. The molecule has 2 atom stereocenters. The molecule has 0 spiro atoms. The summed E-state index contributed by atoms with van der Waals surface area (Å²) in [6, 6.07) is -0.152. The van der Waals surface area contributed by atoms with Gasteiger partial charge in [-0.15, -0.1) is 0 Å². The lowest BCUT2D eigenvalue weighted by Gasteiger charge is -2.26. The van der Waals surface area contributed by atoms with Crippen molar-refractivity contribution in [1.29, 1.82) is 0 Å². The first-order valence-corrected chi connectivity index (χ1v) is 5.31. The molecule has 1 rings (SSSR count). The van der Waals surface area contributed by atoms with E-state index in [0.717, 1.165) is 0 Å². The largest absolute Gasteiger partial charge is 0.353 e. The molecule has 0 aromatic rings. The second-order valence-corrected chi connectivity index (χ2v) is 4.28. The van der Waals surface area contributed by atoms with Gasteiger partial charge in [0.25, 0.3) is 0 Å². The van der Waals surface area contributed by atoms with Crippen molar-refractivity contribution in [3.05, 3.63) is 0 Å². The first-order chi connectivity index (χ1) is 7.00.